The molecule has 194 valence electrons. The summed E-state index contributed by atoms with van der Waals surface area (Å²) in [5, 5.41) is 0. The van der Waals surface area contributed by atoms with Gasteiger partial charge in [0.2, 0.25) is 21.8 Å². The third kappa shape index (κ3) is 11.6. The first kappa shape index (κ1) is 29.8. The number of rotatable bonds is 14. The predicted molar refractivity (Wildman–Crippen MR) is 128 cm³/mol. The summed E-state index contributed by atoms with van der Waals surface area (Å²) < 4.78 is 31.0. The number of hydrazine groups is 1. The van der Waals surface area contributed by atoms with E-state index in [0.29, 0.717) is 31.8 Å². The summed E-state index contributed by atoms with van der Waals surface area (Å²) >= 11 is 0. The zero-order valence-corrected chi connectivity index (χ0v) is 22.2. The summed E-state index contributed by atoms with van der Waals surface area (Å²) in [6.45, 7) is 12.6. The van der Waals surface area contributed by atoms with Crippen LogP contribution in [0.15, 0.2) is 0 Å². The van der Waals surface area contributed by atoms with E-state index in [-0.39, 0.29) is 24.3 Å². The summed E-state index contributed by atoms with van der Waals surface area (Å²) in [5.74, 6) is -1.69. The minimum absolute atomic E-state index is 0.0208. The molecule has 2 amide bonds. The molecule has 1 aliphatic rings. The molecule has 9 nitrogen and oxygen atoms in total. The van der Waals surface area contributed by atoms with Crippen molar-refractivity contribution in [2.75, 3.05) is 19.4 Å². The number of ether oxygens (including phenoxy) is 1. The smallest absolute Gasteiger partial charge is 0.247 e. The Morgan fingerprint density at radius 1 is 0.970 bits per heavy atom. The van der Waals surface area contributed by atoms with Crippen molar-refractivity contribution in [3.05, 3.63) is 0 Å². The van der Waals surface area contributed by atoms with E-state index in [1.165, 1.54) is 0 Å². The summed E-state index contributed by atoms with van der Waals surface area (Å²) in [6, 6.07) is 0. The van der Waals surface area contributed by atoms with Crippen LogP contribution in [-0.2, 0) is 29.2 Å². The van der Waals surface area contributed by atoms with Crippen molar-refractivity contribution in [1.29, 1.82) is 0 Å². The number of hydrogen-bond acceptors (Lipinski definition) is 6. The second kappa shape index (κ2) is 14.2. The van der Waals surface area contributed by atoms with Crippen molar-refractivity contribution in [2.45, 2.75) is 86.4 Å². The SMILES string of the molecule is CC(C)CC[C@H](C(=O)NOC1CCCCO1)[C@@H](CC(C)C)C(=O)NN(CC(C)C)S(C)(=O)=O. The Kier molecular flexibility index (Phi) is 12.9. The molecule has 2 N–H and O–H groups in total. The Hall–Kier alpha value is -1.23. The van der Waals surface area contributed by atoms with Crippen LogP contribution < -0.4 is 10.9 Å². The monoisotopic (exact) mass is 491 g/mol. The van der Waals surface area contributed by atoms with E-state index >= 15 is 0 Å². The van der Waals surface area contributed by atoms with E-state index < -0.39 is 34.1 Å². The Morgan fingerprint density at radius 2 is 1.64 bits per heavy atom. The number of hydrogen-bond donors (Lipinski definition) is 2. The van der Waals surface area contributed by atoms with Crippen LogP contribution in [0.3, 0.4) is 0 Å². The molecule has 0 radical (unpaired) electrons. The number of carbonyl (C=O) groups is 2. The molecule has 1 rings (SSSR count). The van der Waals surface area contributed by atoms with Crippen LogP contribution >= 0.6 is 0 Å². The highest BCUT2D eigenvalue weighted by molar-refractivity contribution is 7.88. The van der Waals surface area contributed by atoms with Crippen molar-refractivity contribution < 1.29 is 27.6 Å². The quantitative estimate of drug-likeness (QED) is 0.361. The van der Waals surface area contributed by atoms with Crippen LogP contribution in [0, 0.1) is 29.6 Å². The fraction of sp³-hybridized carbons (Fsp3) is 0.913. The van der Waals surface area contributed by atoms with Gasteiger partial charge < -0.3 is 4.74 Å². The zero-order valence-electron chi connectivity index (χ0n) is 21.4. The van der Waals surface area contributed by atoms with Gasteiger partial charge in [-0.1, -0.05) is 48.0 Å². The number of carbonyl (C=O) groups excluding carboxylic acids is 2. The number of sulfonamides is 1. The van der Waals surface area contributed by atoms with Crippen LogP contribution in [0.25, 0.3) is 0 Å². The van der Waals surface area contributed by atoms with E-state index in [1.807, 2.05) is 27.7 Å². The molecule has 0 spiro atoms. The molecule has 1 saturated heterocycles. The maximum Gasteiger partial charge on any atom is 0.247 e. The number of hydroxylamine groups is 1. The molecule has 1 heterocycles. The van der Waals surface area contributed by atoms with Crippen LogP contribution in [0.4, 0.5) is 0 Å². The van der Waals surface area contributed by atoms with E-state index in [9.17, 15) is 18.0 Å². The third-order valence-electron chi connectivity index (χ3n) is 5.53. The van der Waals surface area contributed by atoms with Crippen molar-refractivity contribution in [1.82, 2.24) is 15.3 Å². The summed E-state index contributed by atoms with van der Waals surface area (Å²) in [6.07, 6.45) is 4.90. The topological polar surface area (TPSA) is 114 Å². The minimum atomic E-state index is -3.65. The molecule has 1 aliphatic heterocycles. The molecule has 1 unspecified atom stereocenters. The van der Waals surface area contributed by atoms with Crippen LogP contribution in [-0.4, -0.2) is 50.3 Å². The molecule has 0 aliphatic carbocycles. The standard InChI is InChI=1S/C23H45N3O6S/c1-16(2)11-12-19(23(28)25-32-21-10-8-9-13-31-21)20(14-17(3)4)22(27)24-26(15-18(5)6)33(7,29)30/h16-21H,8-15H2,1-7H3,(H,24,27)(H,25,28)/t19-,20+,21?/m0/s1. The predicted octanol–water partition coefficient (Wildman–Crippen LogP) is 3.22. The lowest BCUT2D eigenvalue weighted by Crippen LogP contribution is -2.52. The van der Waals surface area contributed by atoms with E-state index in [0.717, 1.165) is 29.9 Å². The molecular formula is C23H45N3O6S. The lowest BCUT2D eigenvalue weighted by Gasteiger charge is -2.31. The van der Waals surface area contributed by atoms with Gasteiger partial charge in [0.25, 0.3) is 0 Å². The van der Waals surface area contributed by atoms with Gasteiger partial charge in [0.15, 0.2) is 6.29 Å². The maximum atomic E-state index is 13.4. The van der Waals surface area contributed by atoms with E-state index in [2.05, 4.69) is 24.8 Å². The minimum Gasteiger partial charge on any atom is -0.350 e. The molecular weight excluding hydrogens is 446 g/mol. The summed E-state index contributed by atoms with van der Waals surface area (Å²) in [7, 11) is -3.65. The van der Waals surface area contributed by atoms with Crippen LogP contribution in [0.1, 0.15) is 80.1 Å². The van der Waals surface area contributed by atoms with Crippen molar-refractivity contribution in [3.8, 4) is 0 Å². The van der Waals surface area contributed by atoms with Gasteiger partial charge in [-0.25, -0.2) is 18.7 Å². The fourth-order valence-corrected chi connectivity index (χ4v) is 4.62. The number of nitrogens with zero attached hydrogens (tertiary/aromatic N) is 1. The Labute approximate surface area is 200 Å². The van der Waals surface area contributed by atoms with Crippen molar-refractivity contribution >= 4 is 21.8 Å². The number of amides is 2. The number of nitrogens with one attached hydrogen (secondary N) is 2. The van der Waals surface area contributed by atoms with Gasteiger partial charge in [-0.05, 0) is 43.4 Å². The average Bonchev–Trinajstić information content (AvgIpc) is 2.70. The van der Waals surface area contributed by atoms with Crippen molar-refractivity contribution in [3.63, 3.8) is 0 Å². The lowest BCUT2D eigenvalue weighted by atomic mass is 9.80. The highest BCUT2D eigenvalue weighted by Gasteiger charge is 2.36. The van der Waals surface area contributed by atoms with Gasteiger partial charge in [-0.15, -0.1) is 4.41 Å². The van der Waals surface area contributed by atoms with Crippen molar-refractivity contribution in [2.24, 2.45) is 29.6 Å². The second-order valence-electron chi connectivity index (χ2n) is 10.4. The normalized spacial score (nSPS) is 19.2. The first-order chi connectivity index (χ1) is 15.3. The molecule has 0 aromatic carbocycles. The third-order valence-corrected chi connectivity index (χ3v) is 6.58. The van der Waals surface area contributed by atoms with E-state index in [4.69, 9.17) is 9.57 Å². The summed E-state index contributed by atoms with van der Waals surface area (Å²) in [4.78, 5) is 32.0. The first-order valence-electron chi connectivity index (χ1n) is 12.2. The van der Waals surface area contributed by atoms with Gasteiger partial charge in [0.1, 0.15) is 0 Å². The largest absolute Gasteiger partial charge is 0.350 e. The molecule has 0 aromatic heterocycles. The molecule has 0 saturated carbocycles. The van der Waals surface area contributed by atoms with Gasteiger partial charge in [0, 0.05) is 19.6 Å². The zero-order chi connectivity index (χ0) is 25.2. The highest BCUT2D eigenvalue weighted by Crippen LogP contribution is 2.28. The average molecular weight is 492 g/mol. The molecule has 10 heteroatoms. The van der Waals surface area contributed by atoms with E-state index in [1.54, 1.807) is 0 Å². The fourth-order valence-electron chi connectivity index (χ4n) is 3.79. The molecule has 0 bridgehead atoms. The van der Waals surface area contributed by atoms with Gasteiger partial charge in [-0.3, -0.25) is 15.0 Å². The van der Waals surface area contributed by atoms with Gasteiger partial charge in [0.05, 0.1) is 18.1 Å². The molecule has 3 atom stereocenters. The Balaban J connectivity index is 3.07. The Morgan fingerprint density at radius 3 is 2.12 bits per heavy atom. The van der Waals surface area contributed by atoms with Gasteiger partial charge in [-0.2, -0.15) is 0 Å². The van der Waals surface area contributed by atoms with Crippen LogP contribution in [0.2, 0.25) is 0 Å². The summed E-state index contributed by atoms with van der Waals surface area (Å²) in [5.41, 5.74) is 5.11. The molecule has 0 aromatic rings. The maximum absolute atomic E-state index is 13.4. The lowest BCUT2D eigenvalue weighted by molar-refractivity contribution is -0.203. The van der Waals surface area contributed by atoms with Crippen LogP contribution in [0.5, 0.6) is 0 Å². The first-order valence-corrected chi connectivity index (χ1v) is 14.0. The highest BCUT2D eigenvalue weighted by atomic mass is 32.2. The Bertz CT molecular complexity index is 705. The van der Waals surface area contributed by atoms with Gasteiger partial charge >= 0.3 is 0 Å². The second-order valence-corrected chi connectivity index (χ2v) is 12.3. The molecule has 1 fully saturated rings. The molecule has 33 heavy (non-hydrogen) atoms.